The summed E-state index contributed by atoms with van der Waals surface area (Å²) in [5.74, 6) is 0. The highest BCUT2D eigenvalue weighted by Gasteiger charge is 2.18. The van der Waals surface area contributed by atoms with Gasteiger partial charge in [0.2, 0.25) is 0 Å². The molecule has 1 N–H and O–H groups in total. The normalized spacial score (nSPS) is 24.3. The van der Waals surface area contributed by atoms with Gasteiger partial charge in [0.25, 0.3) is 6.43 Å². The molecule has 1 rings (SSSR count). The van der Waals surface area contributed by atoms with Crippen LogP contribution in [0.5, 0.6) is 0 Å². The quantitative estimate of drug-likeness (QED) is 0.583. The number of alkyl halides is 2. The topological polar surface area (TPSA) is 12.0 Å². The molecule has 0 spiro atoms. The summed E-state index contributed by atoms with van der Waals surface area (Å²) in [6.45, 7) is 3.50. The molecule has 1 unspecified atom stereocenters. The fraction of sp³-hybridized carbons (Fsp3) is 0.429. The zero-order valence-corrected chi connectivity index (χ0v) is 5.48. The Hall–Kier alpha value is -0.860. The van der Waals surface area contributed by atoms with Gasteiger partial charge in [-0.05, 0) is 6.42 Å². The van der Waals surface area contributed by atoms with Gasteiger partial charge in [-0.3, -0.25) is 0 Å². The van der Waals surface area contributed by atoms with E-state index in [0.717, 1.165) is 0 Å². The lowest BCUT2D eigenvalue weighted by Gasteiger charge is -2.07. The van der Waals surface area contributed by atoms with Gasteiger partial charge in [-0.25, -0.2) is 8.78 Å². The Morgan fingerprint density at radius 2 is 2.50 bits per heavy atom. The lowest BCUT2D eigenvalue weighted by atomic mass is 10.2. The molecule has 0 aromatic carbocycles. The zero-order valence-electron chi connectivity index (χ0n) is 5.48. The summed E-state index contributed by atoms with van der Waals surface area (Å²) in [6.07, 6.45) is 1.40. The average molecular weight is 145 g/mol. The van der Waals surface area contributed by atoms with Crippen LogP contribution in [-0.4, -0.2) is 12.5 Å². The first kappa shape index (κ1) is 7.25. The molecule has 0 aliphatic carbocycles. The van der Waals surface area contributed by atoms with Crippen molar-refractivity contribution in [3.05, 3.63) is 24.4 Å². The second kappa shape index (κ2) is 2.82. The van der Waals surface area contributed by atoms with Crippen molar-refractivity contribution in [2.24, 2.45) is 0 Å². The molecule has 1 atom stereocenters. The fourth-order valence-corrected chi connectivity index (χ4v) is 0.893. The van der Waals surface area contributed by atoms with E-state index in [-0.39, 0.29) is 11.7 Å². The van der Waals surface area contributed by atoms with Gasteiger partial charge >= 0.3 is 0 Å². The maximum absolute atomic E-state index is 11.9. The minimum atomic E-state index is -2.37. The van der Waals surface area contributed by atoms with Crippen LogP contribution in [0.2, 0.25) is 0 Å². The molecule has 0 saturated heterocycles. The second-order valence-corrected chi connectivity index (χ2v) is 2.18. The Kier molecular flexibility index (Phi) is 2.04. The van der Waals surface area contributed by atoms with Crippen LogP contribution in [0.4, 0.5) is 8.78 Å². The van der Waals surface area contributed by atoms with Crippen LogP contribution in [0.25, 0.3) is 0 Å². The van der Waals surface area contributed by atoms with Crippen LogP contribution in [0, 0.1) is 0 Å². The summed E-state index contributed by atoms with van der Waals surface area (Å²) in [5, 5.41) is 2.63. The molecular formula is C7H9F2N. The molecule has 1 aliphatic heterocycles. The van der Waals surface area contributed by atoms with E-state index in [1.807, 2.05) is 0 Å². The third-order valence-electron chi connectivity index (χ3n) is 1.46. The number of nitrogens with one attached hydrogen (secondary N) is 1. The molecule has 0 amide bonds. The minimum absolute atomic E-state index is 0.00370. The SMILES string of the molecule is C=CC1CC=C(C(F)F)N1. The van der Waals surface area contributed by atoms with E-state index >= 15 is 0 Å². The lowest BCUT2D eigenvalue weighted by Crippen LogP contribution is -2.22. The van der Waals surface area contributed by atoms with Crippen molar-refractivity contribution < 1.29 is 8.78 Å². The van der Waals surface area contributed by atoms with Crippen molar-refractivity contribution in [3.63, 3.8) is 0 Å². The Morgan fingerprint density at radius 1 is 1.80 bits per heavy atom. The Labute approximate surface area is 58.4 Å². The van der Waals surface area contributed by atoms with Gasteiger partial charge in [0.05, 0.1) is 5.70 Å². The highest BCUT2D eigenvalue weighted by Crippen LogP contribution is 2.15. The van der Waals surface area contributed by atoms with Crippen molar-refractivity contribution in [2.45, 2.75) is 18.9 Å². The molecule has 0 saturated carbocycles. The Morgan fingerprint density at radius 3 is 2.80 bits per heavy atom. The van der Waals surface area contributed by atoms with E-state index in [1.54, 1.807) is 6.08 Å². The van der Waals surface area contributed by atoms with Crippen LogP contribution in [-0.2, 0) is 0 Å². The Balaban J connectivity index is 2.46. The summed E-state index contributed by atoms with van der Waals surface area (Å²) >= 11 is 0. The summed E-state index contributed by atoms with van der Waals surface area (Å²) in [6, 6.07) is 0.00370. The maximum Gasteiger partial charge on any atom is 0.277 e. The van der Waals surface area contributed by atoms with E-state index in [1.165, 1.54) is 6.08 Å². The monoisotopic (exact) mass is 145 g/mol. The van der Waals surface area contributed by atoms with Crippen molar-refractivity contribution in [3.8, 4) is 0 Å². The molecule has 1 nitrogen and oxygen atoms in total. The van der Waals surface area contributed by atoms with E-state index in [2.05, 4.69) is 11.9 Å². The zero-order chi connectivity index (χ0) is 7.56. The van der Waals surface area contributed by atoms with E-state index in [9.17, 15) is 8.78 Å². The first-order valence-corrected chi connectivity index (χ1v) is 3.11. The molecule has 0 bridgehead atoms. The van der Waals surface area contributed by atoms with Gasteiger partial charge < -0.3 is 5.32 Å². The van der Waals surface area contributed by atoms with Crippen molar-refractivity contribution in [1.29, 1.82) is 0 Å². The second-order valence-electron chi connectivity index (χ2n) is 2.18. The Bertz CT molecular complexity index is 163. The van der Waals surface area contributed by atoms with E-state index in [4.69, 9.17) is 0 Å². The molecule has 0 fully saturated rings. The fourth-order valence-electron chi connectivity index (χ4n) is 0.893. The molecule has 3 heteroatoms. The van der Waals surface area contributed by atoms with Gasteiger partial charge in [-0.1, -0.05) is 12.2 Å². The summed E-state index contributed by atoms with van der Waals surface area (Å²) in [7, 11) is 0. The van der Waals surface area contributed by atoms with Gasteiger partial charge in [0.15, 0.2) is 0 Å². The van der Waals surface area contributed by atoms with E-state index < -0.39 is 6.43 Å². The molecule has 0 aromatic rings. The number of hydrogen-bond donors (Lipinski definition) is 1. The number of allylic oxidation sites excluding steroid dienone is 1. The number of rotatable bonds is 2. The first-order chi connectivity index (χ1) is 4.74. The van der Waals surface area contributed by atoms with Crippen LogP contribution in [0.15, 0.2) is 24.4 Å². The van der Waals surface area contributed by atoms with E-state index in [0.29, 0.717) is 6.42 Å². The summed E-state index contributed by atoms with van der Waals surface area (Å²) < 4.78 is 23.8. The third kappa shape index (κ3) is 1.35. The first-order valence-electron chi connectivity index (χ1n) is 3.11. The third-order valence-corrected chi connectivity index (χ3v) is 1.46. The highest BCUT2D eigenvalue weighted by atomic mass is 19.3. The highest BCUT2D eigenvalue weighted by molar-refractivity contribution is 5.15. The van der Waals surface area contributed by atoms with Crippen LogP contribution < -0.4 is 5.32 Å². The van der Waals surface area contributed by atoms with Crippen molar-refractivity contribution in [2.75, 3.05) is 0 Å². The van der Waals surface area contributed by atoms with Gasteiger partial charge in [0.1, 0.15) is 0 Å². The van der Waals surface area contributed by atoms with Gasteiger partial charge in [0, 0.05) is 6.04 Å². The van der Waals surface area contributed by atoms with Crippen LogP contribution >= 0.6 is 0 Å². The maximum atomic E-state index is 11.9. The van der Waals surface area contributed by atoms with Crippen LogP contribution in [0.1, 0.15) is 6.42 Å². The molecule has 1 heterocycles. The minimum Gasteiger partial charge on any atom is -0.377 e. The summed E-state index contributed by atoms with van der Waals surface area (Å²) in [5.41, 5.74) is 0.0323. The molecule has 0 radical (unpaired) electrons. The molecule has 10 heavy (non-hydrogen) atoms. The van der Waals surface area contributed by atoms with Crippen molar-refractivity contribution >= 4 is 0 Å². The smallest absolute Gasteiger partial charge is 0.277 e. The largest absolute Gasteiger partial charge is 0.377 e. The molecule has 0 aromatic heterocycles. The lowest BCUT2D eigenvalue weighted by molar-refractivity contribution is 0.181. The van der Waals surface area contributed by atoms with Gasteiger partial charge in [-0.15, -0.1) is 6.58 Å². The number of hydrogen-bond acceptors (Lipinski definition) is 1. The standard InChI is InChI=1S/C7H9F2N/c1-2-5-3-4-6(10-5)7(8)9/h2,4-5,7,10H,1,3H2. The van der Waals surface area contributed by atoms with Crippen LogP contribution in [0.3, 0.4) is 0 Å². The summed E-state index contributed by atoms with van der Waals surface area (Å²) in [4.78, 5) is 0. The predicted octanol–water partition coefficient (Wildman–Crippen LogP) is 1.68. The predicted molar refractivity (Wildman–Crippen MR) is 35.8 cm³/mol. The van der Waals surface area contributed by atoms with Gasteiger partial charge in [-0.2, -0.15) is 0 Å². The van der Waals surface area contributed by atoms with Crippen molar-refractivity contribution in [1.82, 2.24) is 5.32 Å². The molecule has 56 valence electrons. The molecule has 1 aliphatic rings. The average Bonchev–Trinajstić information content (AvgIpc) is 2.34. The molecular weight excluding hydrogens is 136 g/mol. The number of halogens is 2.